The zero-order valence-electron chi connectivity index (χ0n) is 15.7. The van der Waals surface area contributed by atoms with Crippen LogP contribution in [0, 0.1) is 0 Å². The first-order chi connectivity index (χ1) is 13.5. The summed E-state index contributed by atoms with van der Waals surface area (Å²) in [5, 5.41) is 1.29. The smallest absolute Gasteiger partial charge is 0.195 e. The Morgan fingerprint density at radius 2 is 1.61 bits per heavy atom. The van der Waals surface area contributed by atoms with Gasteiger partial charge in [-0.3, -0.25) is 9.59 Å². The molecule has 4 heteroatoms. The van der Waals surface area contributed by atoms with E-state index < -0.39 is 0 Å². The highest BCUT2D eigenvalue weighted by atomic mass is 32.1. The Labute approximate surface area is 167 Å². The number of nitrogens with zero attached hydrogens (tertiary/aromatic N) is 1. The summed E-state index contributed by atoms with van der Waals surface area (Å²) < 4.78 is 1.85. The first-order valence-corrected chi connectivity index (χ1v) is 9.80. The molecule has 3 aromatic carbocycles. The molecule has 0 atom stereocenters. The molecule has 0 unspecified atom stereocenters. The van der Waals surface area contributed by atoms with E-state index in [-0.39, 0.29) is 11.2 Å². The maximum atomic E-state index is 12.8. The van der Waals surface area contributed by atoms with Crippen LogP contribution in [0.25, 0.3) is 26.2 Å². The molecule has 0 spiro atoms. The van der Waals surface area contributed by atoms with Crippen molar-refractivity contribution in [2.45, 2.75) is 0 Å². The number of hydrogen-bond donors (Lipinski definition) is 0. The lowest BCUT2D eigenvalue weighted by molar-refractivity contribution is 0.104. The topological polar surface area (TPSA) is 37.4 Å². The molecule has 0 aliphatic rings. The summed E-state index contributed by atoms with van der Waals surface area (Å²) >= 11 is 1.57. The van der Waals surface area contributed by atoms with Gasteiger partial charge in [0.15, 0.2) is 11.2 Å². The SMILES string of the molecule is CN(C)c1ccc(/C=C/C(=O)c2ccc3sc4ccccc4c(=O)c3c2)cc1. The fourth-order valence-electron chi connectivity index (χ4n) is 3.11. The van der Waals surface area contributed by atoms with Crippen LogP contribution in [0.5, 0.6) is 0 Å². The van der Waals surface area contributed by atoms with Crippen LogP contribution in [0.2, 0.25) is 0 Å². The Bertz CT molecular complexity index is 1270. The maximum absolute atomic E-state index is 12.8. The molecule has 4 rings (SSSR count). The molecule has 0 aliphatic heterocycles. The second-order valence-electron chi connectivity index (χ2n) is 6.82. The fraction of sp³-hybridized carbons (Fsp3) is 0.0833. The van der Waals surface area contributed by atoms with Gasteiger partial charge in [0.2, 0.25) is 0 Å². The minimum absolute atomic E-state index is 0.0257. The van der Waals surface area contributed by atoms with Gasteiger partial charge in [0, 0.05) is 45.5 Å². The molecule has 0 saturated heterocycles. The minimum atomic E-state index is -0.115. The maximum Gasteiger partial charge on any atom is 0.195 e. The number of anilines is 1. The van der Waals surface area contributed by atoms with Gasteiger partial charge in [-0.1, -0.05) is 30.3 Å². The number of rotatable bonds is 4. The number of benzene rings is 3. The summed E-state index contributed by atoms with van der Waals surface area (Å²) in [4.78, 5) is 27.4. The molecule has 0 N–H and O–H groups in total. The fourth-order valence-corrected chi connectivity index (χ4v) is 4.16. The molecular weight excluding hydrogens is 366 g/mol. The van der Waals surface area contributed by atoms with E-state index in [2.05, 4.69) is 0 Å². The van der Waals surface area contributed by atoms with Crippen LogP contribution in [0.15, 0.2) is 77.6 Å². The van der Waals surface area contributed by atoms with Gasteiger partial charge >= 0.3 is 0 Å². The van der Waals surface area contributed by atoms with Gasteiger partial charge in [-0.2, -0.15) is 0 Å². The van der Waals surface area contributed by atoms with E-state index in [1.54, 1.807) is 35.6 Å². The number of allylic oxidation sites excluding steroid dienone is 1. The van der Waals surface area contributed by atoms with Crippen molar-refractivity contribution in [3.63, 3.8) is 0 Å². The standard InChI is InChI=1S/C24H19NO2S/c1-25(2)18-11-7-16(8-12-18)9-13-21(26)17-10-14-23-20(15-17)24(27)19-5-3-4-6-22(19)28-23/h3-15H,1-2H3/b13-9+. The quantitative estimate of drug-likeness (QED) is 0.269. The van der Waals surface area contributed by atoms with Gasteiger partial charge in [-0.25, -0.2) is 0 Å². The Morgan fingerprint density at radius 3 is 2.36 bits per heavy atom. The van der Waals surface area contributed by atoms with Crippen molar-refractivity contribution < 1.29 is 4.79 Å². The van der Waals surface area contributed by atoms with E-state index in [1.807, 2.05) is 73.6 Å². The Balaban J connectivity index is 1.66. The van der Waals surface area contributed by atoms with Crippen LogP contribution in [0.4, 0.5) is 5.69 Å². The normalized spacial score (nSPS) is 11.4. The van der Waals surface area contributed by atoms with Gasteiger partial charge < -0.3 is 4.90 Å². The molecule has 0 radical (unpaired) electrons. The van der Waals surface area contributed by atoms with Gasteiger partial charge in [-0.05, 0) is 54.1 Å². The average molecular weight is 385 g/mol. The lowest BCUT2D eigenvalue weighted by Gasteiger charge is -2.11. The van der Waals surface area contributed by atoms with Crippen molar-refractivity contribution >= 4 is 49.1 Å². The predicted octanol–water partition coefficient (Wildman–Crippen LogP) is 5.38. The lowest BCUT2D eigenvalue weighted by Crippen LogP contribution is -2.07. The molecule has 0 bridgehead atoms. The molecule has 0 saturated carbocycles. The summed E-state index contributed by atoms with van der Waals surface area (Å²) in [5.41, 5.74) is 2.56. The third-order valence-electron chi connectivity index (χ3n) is 4.70. The van der Waals surface area contributed by atoms with E-state index in [4.69, 9.17) is 0 Å². The number of fused-ring (bicyclic) bond motifs is 2. The highest BCUT2D eigenvalue weighted by Gasteiger charge is 2.09. The zero-order valence-corrected chi connectivity index (χ0v) is 16.5. The van der Waals surface area contributed by atoms with Crippen molar-refractivity contribution in [1.29, 1.82) is 0 Å². The van der Waals surface area contributed by atoms with Crippen LogP contribution in [-0.2, 0) is 0 Å². The molecule has 3 nitrogen and oxygen atoms in total. The number of ketones is 1. The van der Waals surface area contributed by atoms with E-state index in [1.165, 1.54) is 0 Å². The number of carbonyl (C=O) groups is 1. The van der Waals surface area contributed by atoms with Crippen LogP contribution in [0.3, 0.4) is 0 Å². The Hall–Kier alpha value is -3.24. The van der Waals surface area contributed by atoms with Crippen molar-refractivity contribution in [2.24, 2.45) is 0 Å². The van der Waals surface area contributed by atoms with Crippen molar-refractivity contribution in [1.82, 2.24) is 0 Å². The highest BCUT2D eigenvalue weighted by molar-refractivity contribution is 7.24. The van der Waals surface area contributed by atoms with Crippen LogP contribution >= 0.6 is 11.3 Å². The van der Waals surface area contributed by atoms with E-state index in [0.717, 1.165) is 20.7 Å². The molecule has 0 amide bonds. The summed E-state index contributed by atoms with van der Waals surface area (Å²) in [7, 11) is 3.98. The van der Waals surface area contributed by atoms with Crippen molar-refractivity contribution in [3.05, 3.63) is 94.2 Å². The first-order valence-electron chi connectivity index (χ1n) is 8.98. The van der Waals surface area contributed by atoms with E-state index in [0.29, 0.717) is 16.3 Å². The van der Waals surface area contributed by atoms with Crippen LogP contribution in [-0.4, -0.2) is 19.9 Å². The molecule has 1 heterocycles. The molecule has 4 aromatic rings. The van der Waals surface area contributed by atoms with E-state index >= 15 is 0 Å². The third-order valence-corrected chi connectivity index (χ3v) is 5.85. The third kappa shape index (κ3) is 3.47. The van der Waals surface area contributed by atoms with Crippen molar-refractivity contribution in [3.8, 4) is 0 Å². The van der Waals surface area contributed by atoms with Crippen LogP contribution < -0.4 is 10.3 Å². The summed E-state index contributed by atoms with van der Waals surface area (Å²) in [6.07, 6.45) is 3.36. The van der Waals surface area contributed by atoms with Crippen LogP contribution in [0.1, 0.15) is 15.9 Å². The second kappa shape index (κ2) is 7.41. The summed E-state index contributed by atoms with van der Waals surface area (Å²) in [6.45, 7) is 0. The van der Waals surface area contributed by atoms with Gasteiger partial charge in [-0.15, -0.1) is 11.3 Å². The van der Waals surface area contributed by atoms with Crippen molar-refractivity contribution in [2.75, 3.05) is 19.0 Å². The molecule has 1 aromatic heterocycles. The van der Waals surface area contributed by atoms with Gasteiger partial charge in [0.25, 0.3) is 0 Å². The Kier molecular flexibility index (Phi) is 4.80. The minimum Gasteiger partial charge on any atom is -0.378 e. The first kappa shape index (κ1) is 18.1. The monoisotopic (exact) mass is 385 g/mol. The molecule has 28 heavy (non-hydrogen) atoms. The molecular formula is C24H19NO2S. The number of carbonyl (C=O) groups excluding carboxylic acids is 1. The second-order valence-corrected chi connectivity index (χ2v) is 7.91. The summed E-state index contributed by atoms with van der Waals surface area (Å²) in [6, 6.07) is 20.9. The molecule has 0 aliphatic carbocycles. The van der Waals surface area contributed by atoms with E-state index in [9.17, 15) is 9.59 Å². The van der Waals surface area contributed by atoms with Gasteiger partial charge in [0.1, 0.15) is 0 Å². The Morgan fingerprint density at radius 1 is 0.893 bits per heavy atom. The zero-order chi connectivity index (χ0) is 19.7. The average Bonchev–Trinajstić information content (AvgIpc) is 2.72. The highest BCUT2D eigenvalue weighted by Crippen LogP contribution is 2.25. The lowest BCUT2D eigenvalue weighted by atomic mass is 10.1. The predicted molar refractivity (Wildman–Crippen MR) is 120 cm³/mol. The largest absolute Gasteiger partial charge is 0.378 e. The number of hydrogen-bond acceptors (Lipinski definition) is 4. The summed E-state index contributed by atoms with van der Waals surface area (Å²) in [5.74, 6) is -0.115. The molecule has 0 fully saturated rings. The molecule has 138 valence electrons. The van der Waals surface area contributed by atoms with Gasteiger partial charge in [0.05, 0.1) is 0 Å².